The third-order valence-electron chi connectivity index (χ3n) is 5.48. The molecule has 2 aliphatic heterocycles. The molecule has 2 unspecified atom stereocenters. The van der Waals surface area contributed by atoms with Crippen LogP contribution < -0.4 is 5.56 Å². The van der Waals surface area contributed by atoms with Gasteiger partial charge in [-0.05, 0) is 36.6 Å². The predicted molar refractivity (Wildman–Crippen MR) is 108 cm³/mol. The standard InChI is InChI=1S/C19H23N3O4S2/c23-17-10-15(16-4-2-7-27-16)20-19(21-17)14-3-1-6-22(11-14)18(24)9-13-5-8-28(25,26)12-13/h2,4,7,10,13-14H,1,3,5-6,8-9,11-12H2,(H,20,21,23). The number of aromatic nitrogens is 2. The molecule has 4 rings (SSSR count). The van der Waals surface area contributed by atoms with Gasteiger partial charge < -0.3 is 9.88 Å². The molecule has 2 fully saturated rings. The molecule has 2 saturated heterocycles. The molecule has 2 aromatic heterocycles. The third-order valence-corrected chi connectivity index (χ3v) is 8.21. The SMILES string of the molecule is O=C(CC1CCS(=O)(=O)C1)N1CCCC(c2nc(-c3cccs3)cc(=O)[nH]2)C1. The maximum absolute atomic E-state index is 12.7. The van der Waals surface area contributed by atoms with E-state index >= 15 is 0 Å². The highest BCUT2D eigenvalue weighted by molar-refractivity contribution is 7.91. The molecule has 9 heteroatoms. The van der Waals surface area contributed by atoms with Gasteiger partial charge in [0.1, 0.15) is 5.82 Å². The fraction of sp³-hybridized carbons (Fsp3) is 0.526. The number of carbonyl (C=O) groups excluding carboxylic acids is 1. The van der Waals surface area contributed by atoms with E-state index < -0.39 is 9.84 Å². The Labute approximate surface area is 167 Å². The van der Waals surface area contributed by atoms with Crippen molar-refractivity contribution in [3.05, 3.63) is 39.8 Å². The lowest BCUT2D eigenvalue weighted by Crippen LogP contribution is -2.40. The van der Waals surface area contributed by atoms with Crippen molar-refractivity contribution in [1.82, 2.24) is 14.9 Å². The van der Waals surface area contributed by atoms with E-state index in [9.17, 15) is 18.0 Å². The molecule has 28 heavy (non-hydrogen) atoms. The maximum atomic E-state index is 12.7. The molecule has 1 amide bonds. The van der Waals surface area contributed by atoms with E-state index in [1.807, 2.05) is 17.5 Å². The van der Waals surface area contributed by atoms with E-state index in [-0.39, 0.29) is 41.2 Å². The molecular weight excluding hydrogens is 398 g/mol. The molecule has 7 nitrogen and oxygen atoms in total. The van der Waals surface area contributed by atoms with Crippen molar-refractivity contribution in [1.29, 1.82) is 0 Å². The first-order valence-corrected chi connectivity index (χ1v) is 12.2. The number of hydrogen-bond donors (Lipinski definition) is 1. The van der Waals surface area contributed by atoms with Crippen molar-refractivity contribution in [3.8, 4) is 10.6 Å². The van der Waals surface area contributed by atoms with Crippen LogP contribution in [-0.2, 0) is 14.6 Å². The van der Waals surface area contributed by atoms with Crippen molar-refractivity contribution in [2.45, 2.75) is 31.6 Å². The zero-order chi connectivity index (χ0) is 19.7. The Morgan fingerprint density at radius 1 is 1.36 bits per heavy atom. The van der Waals surface area contributed by atoms with E-state index in [2.05, 4.69) is 9.97 Å². The molecule has 0 aromatic carbocycles. The van der Waals surface area contributed by atoms with E-state index in [4.69, 9.17) is 0 Å². The highest BCUT2D eigenvalue weighted by Crippen LogP contribution is 2.29. The summed E-state index contributed by atoms with van der Waals surface area (Å²) in [5.74, 6) is 0.845. The van der Waals surface area contributed by atoms with E-state index in [1.54, 1.807) is 4.90 Å². The lowest BCUT2D eigenvalue weighted by Gasteiger charge is -2.33. The van der Waals surface area contributed by atoms with Crippen LogP contribution in [0.2, 0.25) is 0 Å². The highest BCUT2D eigenvalue weighted by atomic mass is 32.2. The van der Waals surface area contributed by atoms with Crippen molar-refractivity contribution in [3.63, 3.8) is 0 Å². The van der Waals surface area contributed by atoms with Crippen LogP contribution in [-0.4, -0.2) is 53.8 Å². The van der Waals surface area contributed by atoms with Crippen LogP contribution in [0.3, 0.4) is 0 Å². The number of aromatic amines is 1. The Morgan fingerprint density at radius 2 is 2.21 bits per heavy atom. The monoisotopic (exact) mass is 421 g/mol. The molecular formula is C19H23N3O4S2. The topological polar surface area (TPSA) is 100 Å². The number of hydrogen-bond acceptors (Lipinski definition) is 6. The van der Waals surface area contributed by atoms with Crippen LogP contribution >= 0.6 is 11.3 Å². The molecule has 2 aromatic rings. The van der Waals surface area contributed by atoms with Crippen LogP contribution in [0.15, 0.2) is 28.4 Å². The van der Waals surface area contributed by atoms with Crippen LogP contribution in [0.1, 0.15) is 37.4 Å². The average Bonchev–Trinajstić information content (AvgIpc) is 3.31. The number of thiophene rings is 1. The lowest BCUT2D eigenvalue weighted by atomic mass is 9.95. The second-order valence-electron chi connectivity index (χ2n) is 7.65. The molecule has 2 aliphatic rings. The van der Waals surface area contributed by atoms with Crippen LogP contribution in [0.5, 0.6) is 0 Å². The van der Waals surface area contributed by atoms with Crippen LogP contribution in [0.25, 0.3) is 10.6 Å². The smallest absolute Gasteiger partial charge is 0.251 e. The summed E-state index contributed by atoms with van der Waals surface area (Å²) in [7, 11) is -2.98. The molecule has 0 aliphatic carbocycles. The molecule has 150 valence electrons. The Hall–Kier alpha value is -2.00. The number of likely N-dealkylation sites (tertiary alicyclic amines) is 1. The van der Waals surface area contributed by atoms with Gasteiger partial charge in [0, 0.05) is 31.5 Å². The minimum atomic E-state index is -2.98. The largest absolute Gasteiger partial charge is 0.342 e. The first-order chi connectivity index (χ1) is 13.4. The predicted octanol–water partition coefficient (Wildman–Crippen LogP) is 2.03. The van der Waals surface area contributed by atoms with Gasteiger partial charge >= 0.3 is 0 Å². The molecule has 0 radical (unpaired) electrons. The Balaban J connectivity index is 1.47. The first-order valence-electron chi connectivity index (χ1n) is 9.53. The average molecular weight is 422 g/mol. The Bertz CT molecular complexity index is 1010. The number of sulfone groups is 1. The van der Waals surface area contributed by atoms with Crippen molar-refractivity contribution < 1.29 is 13.2 Å². The molecule has 0 saturated carbocycles. The number of amides is 1. The van der Waals surface area contributed by atoms with E-state index in [0.29, 0.717) is 31.0 Å². The summed E-state index contributed by atoms with van der Waals surface area (Å²) in [6, 6.07) is 5.36. The summed E-state index contributed by atoms with van der Waals surface area (Å²) < 4.78 is 23.3. The summed E-state index contributed by atoms with van der Waals surface area (Å²) in [5, 5.41) is 1.95. The number of piperidine rings is 1. The van der Waals surface area contributed by atoms with Gasteiger partial charge in [-0.1, -0.05) is 6.07 Å². The van der Waals surface area contributed by atoms with Gasteiger partial charge in [-0.3, -0.25) is 9.59 Å². The third kappa shape index (κ3) is 4.35. The second-order valence-corrected chi connectivity index (χ2v) is 10.8. The Morgan fingerprint density at radius 3 is 2.93 bits per heavy atom. The van der Waals surface area contributed by atoms with Crippen LogP contribution in [0.4, 0.5) is 0 Å². The zero-order valence-electron chi connectivity index (χ0n) is 15.5. The molecule has 1 N–H and O–H groups in total. The summed E-state index contributed by atoms with van der Waals surface area (Å²) in [6.45, 7) is 1.18. The summed E-state index contributed by atoms with van der Waals surface area (Å²) in [5.41, 5.74) is 0.473. The van der Waals surface area contributed by atoms with Gasteiger partial charge in [-0.2, -0.15) is 0 Å². The number of rotatable bonds is 4. The van der Waals surface area contributed by atoms with E-state index in [0.717, 1.165) is 17.7 Å². The fourth-order valence-electron chi connectivity index (χ4n) is 4.06. The van der Waals surface area contributed by atoms with Gasteiger partial charge in [0.25, 0.3) is 5.56 Å². The van der Waals surface area contributed by atoms with Gasteiger partial charge in [0.2, 0.25) is 5.91 Å². The van der Waals surface area contributed by atoms with Crippen molar-refractivity contribution >= 4 is 27.1 Å². The van der Waals surface area contributed by atoms with Gasteiger partial charge in [0.05, 0.1) is 22.1 Å². The van der Waals surface area contributed by atoms with E-state index in [1.165, 1.54) is 17.4 Å². The highest BCUT2D eigenvalue weighted by Gasteiger charge is 2.32. The number of nitrogens with one attached hydrogen (secondary N) is 1. The Kier molecular flexibility index (Phi) is 5.37. The number of carbonyl (C=O) groups is 1. The lowest BCUT2D eigenvalue weighted by molar-refractivity contribution is -0.133. The van der Waals surface area contributed by atoms with Crippen molar-refractivity contribution in [2.75, 3.05) is 24.6 Å². The molecule has 0 bridgehead atoms. The van der Waals surface area contributed by atoms with Gasteiger partial charge in [-0.25, -0.2) is 13.4 Å². The summed E-state index contributed by atoms with van der Waals surface area (Å²) in [6.07, 6.45) is 2.55. The van der Waals surface area contributed by atoms with Gasteiger partial charge in [0.15, 0.2) is 9.84 Å². The quantitative estimate of drug-likeness (QED) is 0.814. The minimum absolute atomic E-state index is 0.00329. The fourth-order valence-corrected chi connectivity index (χ4v) is 6.60. The number of nitrogens with zero attached hydrogens (tertiary/aromatic N) is 2. The molecule has 4 heterocycles. The van der Waals surface area contributed by atoms with Crippen molar-refractivity contribution in [2.24, 2.45) is 5.92 Å². The maximum Gasteiger partial charge on any atom is 0.251 e. The minimum Gasteiger partial charge on any atom is -0.342 e. The zero-order valence-corrected chi connectivity index (χ0v) is 17.1. The molecule has 0 spiro atoms. The molecule has 2 atom stereocenters. The number of H-pyrrole nitrogens is 1. The van der Waals surface area contributed by atoms with Crippen LogP contribution in [0, 0.1) is 5.92 Å². The summed E-state index contributed by atoms with van der Waals surface area (Å²) >= 11 is 1.53. The second kappa shape index (κ2) is 7.79. The normalized spacial score (nSPS) is 24.4. The van der Waals surface area contributed by atoms with Gasteiger partial charge in [-0.15, -0.1) is 11.3 Å². The first kappa shape index (κ1) is 19.3. The summed E-state index contributed by atoms with van der Waals surface area (Å²) in [4.78, 5) is 35.1.